The van der Waals surface area contributed by atoms with Gasteiger partial charge in [-0.15, -0.1) is 0 Å². The van der Waals surface area contributed by atoms with E-state index in [4.69, 9.17) is 15.2 Å². The summed E-state index contributed by atoms with van der Waals surface area (Å²) in [6, 6.07) is 7.27. The number of pyridine rings is 2. The molecule has 0 unspecified atom stereocenters. The van der Waals surface area contributed by atoms with Crippen LogP contribution in [0.4, 0.5) is 0 Å². The molecule has 0 saturated carbocycles. The van der Waals surface area contributed by atoms with Crippen LogP contribution < -0.4 is 21.5 Å². The number of nitrogens with zero attached hydrogens (tertiary/aromatic N) is 4. The van der Waals surface area contributed by atoms with Crippen molar-refractivity contribution in [2.45, 2.75) is 13.5 Å². The minimum Gasteiger partial charge on any atom is -1.00 e. The van der Waals surface area contributed by atoms with Gasteiger partial charge in [0.1, 0.15) is 0 Å². The van der Waals surface area contributed by atoms with Gasteiger partial charge in [0.2, 0.25) is 0 Å². The maximum absolute atomic E-state index is 8.42. The lowest BCUT2D eigenvalue weighted by atomic mass is 10.3. The molecule has 2 rings (SSSR count). The summed E-state index contributed by atoms with van der Waals surface area (Å²) in [5.74, 6) is 0. The monoisotopic (exact) mass is 323 g/mol. The number of hydrogen-bond donors (Lipinski definition) is 2. The third-order valence-corrected chi connectivity index (χ3v) is 2.73. The highest BCUT2D eigenvalue weighted by Gasteiger charge is 2.04. The number of halogens is 1. The topological polar surface area (TPSA) is 82.2 Å². The fraction of sp³-hybridized carbons (Fsp3) is 0.143. The van der Waals surface area contributed by atoms with E-state index >= 15 is 0 Å². The Hall–Kier alpha value is -2.51. The minimum atomic E-state index is 0. The van der Waals surface area contributed by atoms with Crippen LogP contribution in [-0.2, 0) is 18.2 Å². The van der Waals surface area contributed by atoms with Gasteiger partial charge in [0.25, 0.3) is 13.5 Å². The van der Waals surface area contributed by atoms with Gasteiger partial charge in [0, 0.05) is 35.4 Å². The van der Waals surface area contributed by atoms with Crippen molar-refractivity contribution in [3.05, 3.63) is 60.2 Å². The van der Waals surface area contributed by atoms with E-state index < -0.39 is 0 Å². The lowest BCUT2D eigenvalue weighted by molar-refractivity contribution is -0.788. The van der Waals surface area contributed by atoms with Crippen LogP contribution >= 0.6 is 0 Å². The molecular weight excluding hydrogens is 308 g/mol. The van der Waals surface area contributed by atoms with Gasteiger partial charge >= 0.3 is 0 Å². The van der Waals surface area contributed by atoms with Crippen LogP contribution in [0.15, 0.2) is 59.4 Å². The molecule has 0 spiro atoms. The Bertz CT molecular complexity index is 559. The first-order chi connectivity index (χ1) is 10.3. The van der Waals surface area contributed by atoms with Crippen molar-refractivity contribution in [3.63, 3.8) is 0 Å². The molecule has 0 amide bonds. The SMILES string of the molecule is O/N=C/c1cc[n+](COC[n+]2ccc(/C=N/O)cc2)cc1.[Cl-]. The van der Waals surface area contributed by atoms with Gasteiger partial charge in [-0.1, -0.05) is 10.3 Å². The molecular formula is C14H16ClN4O3+. The molecule has 7 nitrogen and oxygen atoms in total. The van der Waals surface area contributed by atoms with Crippen molar-refractivity contribution in [2.24, 2.45) is 10.3 Å². The highest BCUT2D eigenvalue weighted by Crippen LogP contribution is 1.91. The fourth-order valence-corrected chi connectivity index (χ4v) is 1.67. The predicted molar refractivity (Wildman–Crippen MR) is 73.1 cm³/mol. The zero-order valence-corrected chi connectivity index (χ0v) is 12.4. The van der Waals surface area contributed by atoms with E-state index in [1.807, 2.05) is 58.2 Å². The van der Waals surface area contributed by atoms with Crippen LogP contribution in [0, 0.1) is 0 Å². The molecule has 0 bridgehead atoms. The van der Waals surface area contributed by atoms with Crippen molar-refractivity contribution in [1.82, 2.24) is 0 Å². The second-order valence-electron chi connectivity index (χ2n) is 4.24. The van der Waals surface area contributed by atoms with Gasteiger partial charge in [-0.25, -0.2) is 0 Å². The summed E-state index contributed by atoms with van der Waals surface area (Å²) in [4.78, 5) is 0. The summed E-state index contributed by atoms with van der Waals surface area (Å²) in [5.41, 5.74) is 1.62. The third-order valence-electron chi connectivity index (χ3n) is 2.73. The quantitative estimate of drug-likeness (QED) is 0.267. The zero-order chi connectivity index (χ0) is 14.9. The molecule has 2 heterocycles. The van der Waals surface area contributed by atoms with E-state index in [1.165, 1.54) is 12.4 Å². The third kappa shape index (κ3) is 5.47. The lowest BCUT2D eigenvalue weighted by Crippen LogP contribution is -3.00. The second kappa shape index (κ2) is 9.43. The molecule has 22 heavy (non-hydrogen) atoms. The molecule has 0 atom stereocenters. The molecule has 0 aliphatic rings. The van der Waals surface area contributed by atoms with Gasteiger partial charge in [-0.3, -0.25) is 4.74 Å². The summed E-state index contributed by atoms with van der Waals surface area (Å²) >= 11 is 0. The highest BCUT2D eigenvalue weighted by molar-refractivity contribution is 5.78. The first-order valence-corrected chi connectivity index (χ1v) is 6.22. The molecule has 0 radical (unpaired) electrons. The average Bonchev–Trinajstić information content (AvgIpc) is 2.51. The van der Waals surface area contributed by atoms with Crippen molar-refractivity contribution >= 4 is 12.4 Å². The van der Waals surface area contributed by atoms with E-state index in [2.05, 4.69) is 10.3 Å². The second-order valence-corrected chi connectivity index (χ2v) is 4.24. The Morgan fingerprint density at radius 3 is 1.50 bits per heavy atom. The van der Waals surface area contributed by atoms with Crippen LogP contribution in [0.5, 0.6) is 0 Å². The molecule has 2 N–H and O–H groups in total. The Kier molecular flexibility index (Phi) is 7.52. The normalized spacial score (nSPS) is 10.9. The summed E-state index contributed by atoms with van der Waals surface area (Å²) in [6.07, 6.45) is 10.1. The fourth-order valence-electron chi connectivity index (χ4n) is 1.67. The van der Waals surface area contributed by atoms with E-state index in [1.54, 1.807) is 0 Å². The van der Waals surface area contributed by atoms with Gasteiger partial charge < -0.3 is 22.8 Å². The Balaban J connectivity index is 0.00000242. The average molecular weight is 324 g/mol. The summed E-state index contributed by atoms with van der Waals surface area (Å²) < 4.78 is 9.29. The number of hydrogen-bond acceptors (Lipinski definition) is 5. The molecule has 116 valence electrons. The number of ether oxygens (including phenoxy) is 1. The summed E-state index contributed by atoms with van der Waals surface area (Å²) in [6.45, 7) is 0.812. The van der Waals surface area contributed by atoms with Crippen LogP contribution in [0.1, 0.15) is 11.1 Å². The van der Waals surface area contributed by atoms with Crippen molar-refractivity contribution in [3.8, 4) is 0 Å². The van der Waals surface area contributed by atoms with E-state index in [9.17, 15) is 0 Å². The number of rotatable bonds is 6. The maximum Gasteiger partial charge on any atom is 0.257 e. The van der Waals surface area contributed by atoms with Crippen LogP contribution in [0.25, 0.3) is 0 Å². The van der Waals surface area contributed by atoms with E-state index in [-0.39, 0.29) is 12.4 Å². The maximum atomic E-state index is 8.42. The standard InChI is InChI=1S/C14H14N4O3.ClH/c19-15-9-13-1-5-17(6-2-13)11-21-12-18-7-3-14(4-8-18)10-16-20;/h1-10H,11-12H2;1H/p+1. The number of aromatic nitrogens is 2. The molecule has 2 aromatic heterocycles. The molecule has 2 aromatic rings. The van der Waals surface area contributed by atoms with Gasteiger partial charge in [-0.05, 0) is 0 Å². The first kappa shape index (κ1) is 17.5. The van der Waals surface area contributed by atoms with Gasteiger partial charge in [0.05, 0.1) is 12.4 Å². The van der Waals surface area contributed by atoms with Crippen LogP contribution in [0.2, 0.25) is 0 Å². The largest absolute Gasteiger partial charge is 1.00 e. The molecule has 0 aliphatic heterocycles. The highest BCUT2D eigenvalue weighted by atomic mass is 35.5. The molecule has 0 saturated heterocycles. The van der Waals surface area contributed by atoms with Crippen LogP contribution in [0.3, 0.4) is 0 Å². The van der Waals surface area contributed by atoms with Crippen molar-refractivity contribution in [1.29, 1.82) is 0 Å². The Morgan fingerprint density at radius 1 is 0.818 bits per heavy atom. The van der Waals surface area contributed by atoms with Crippen molar-refractivity contribution < 1.29 is 36.7 Å². The van der Waals surface area contributed by atoms with Gasteiger partial charge in [-0.2, -0.15) is 9.13 Å². The van der Waals surface area contributed by atoms with E-state index in [0.717, 1.165) is 11.1 Å². The van der Waals surface area contributed by atoms with Crippen molar-refractivity contribution in [2.75, 3.05) is 0 Å². The zero-order valence-electron chi connectivity index (χ0n) is 11.7. The minimum absolute atomic E-state index is 0. The molecule has 8 heteroatoms. The van der Waals surface area contributed by atoms with Crippen LogP contribution in [-0.4, -0.2) is 22.8 Å². The molecule has 0 aliphatic carbocycles. The summed E-state index contributed by atoms with van der Waals surface area (Å²) in [5, 5.41) is 22.8. The number of oxime groups is 2. The van der Waals surface area contributed by atoms with E-state index in [0.29, 0.717) is 13.5 Å². The Morgan fingerprint density at radius 2 is 1.18 bits per heavy atom. The summed E-state index contributed by atoms with van der Waals surface area (Å²) in [7, 11) is 0. The predicted octanol–water partition coefficient (Wildman–Crippen LogP) is -2.49. The molecule has 0 fully saturated rings. The lowest BCUT2D eigenvalue weighted by Gasteiger charge is -1.98. The molecule has 0 aromatic carbocycles. The first-order valence-electron chi connectivity index (χ1n) is 6.22. The Labute approximate surface area is 133 Å². The van der Waals surface area contributed by atoms with Gasteiger partial charge in [0.15, 0.2) is 24.8 Å². The smallest absolute Gasteiger partial charge is 0.257 e.